The van der Waals surface area contributed by atoms with Crippen LogP contribution in [0.25, 0.3) is 0 Å². The lowest BCUT2D eigenvalue weighted by Crippen LogP contribution is -2.43. The maximum absolute atomic E-state index is 3.62. The van der Waals surface area contributed by atoms with Gasteiger partial charge in [0.05, 0.1) is 0 Å². The van der Waals surface area contributed by atoms with E-state index >= 15 is 0 Å². The van der Waals surface area contributed by atoms with Gasteiger partial charge in [-0.25, -0.2) is 0 Å². The number of nitrogens with zero attached hydrogens (tertiary/aromatic N) is 1. The van der Waals surface area contributed by atoms with Gasteiger partial charge in [0.2, 0.25) is 0 Å². The lowest BCUT2D eigenvalue weighted by molar-refractivity contribution is 0.326. The highest BCUT2D eigenvalue weighted by atomic mass is 79.9. The zero-order valence-electron chi connectivity index (χ0n) is 10.3. The minimum Gasteiger partial charge on any atom is -0.371 e. The minimum atomic E-state index is 0.403. The van der Waals surface area contributed by atoms with Gasteiger partial charge in [-0.15, -0.1) is 0 Å². The van der Waals surface area contributed by atoms with Crippen molar-refractivity contribution in [3.63, 3.8) is 0 Å². The van der Waals surface area contributed by atoms with Crippen molar-refractivity contribution in [2.45, 2.75) is 25.2 Å². The number of rotatable bonds is 1. The molecule has 1 saturated heterocycles. The second-order valence-corrected chi connectivity index (χ2v) is 6.12. The lowest BCUT2D eigenvalue weighted by atomic mass is 9.75. The highest BCUT2D eigenvalue weighted by molar-refractivity contribution is 9.10. The highest BCUT2D eigenvalue weighted by Crippen LogP contribution is 2.46. The molecule has 3 heteroatoms. The van der Waals surface area contributed by atoms with Crippen molar-refractivity contribution >= 4 is 21.6 Å². The Morgan fingerprint density at radius 2 is 2.12 bits per heavy atom. The summed E-state index contributed by atoms with van der Waals surface area (Å²) in [4.78, 5) is 2.53. The maximum atomic E-state index is 3.62. The molecule has 0 unspecified atom stereocenters. The Morgan fingerprint density at radius 3 is 2.82 bits per heavy atom. The first kappa shape index (κ1) is 11.5. The largest absolute Gasteiger partial charge is 0.371 e. The summed E-state index contributed by atoms with van der Waals surface area (Å²) in [6, 6.07) is 6.79. The molecule has 0 atom stereocenters. The van der Waals surface area contributed by atoms with Gasteiger partial charge >= 0.3 is 0 Å². The summed E-state index contributed by atoms with van der Waals surface area (Å²) in [7, 11) is 0. The molecule has 0 radical (unpaired) electrons. The molecule has 1 aromatic rings. The molecular formula is C14H19BrN2. The van der Waals surface area contributed by atoms with Crippen molar-refractivity contribution in [3.8, 4) is 0 Å². The Kier molecular flexibility index (Phi) is 2.91. The fourth-order valence-corrected chi connectivity index (χ4v) is 3.72. The normalized spacial score (nSPS) is 21.9. The van der Waals surface area contributed by atoms with Crippen LogP contribution >= 0.6 is 15.9 Å². The van der Waals surface area contributed by atoms with E-state index in [1.807, 2.05) is 0 Å². The third-order valence-electron chi connectivity index (χ3n) is 4.31. The van der Waals surface area contributed by atoms with Crippen LogP contribution in [0.4, 0.5) is 5.69 Å². The molecule has 92 valence electrons. The Balaban J connectivity index is 2.07. The van der Waals surface area contributed by atoms with Crippen LogP contribution in [-0.4, -0.2) is 26.2 Å². The molecular weight excluding hydrogens is 276 g/mol. The van der Waals surface area contributed by atoms with Gasteiger partial charge in [0.1, 0.15) is 0 Å². The molecule has 2 aliphatic rings. The Labute approximate surface area is 112 Å². The summed E-state index contributed by atoms with van der Waals surface area (Å²) in [6.07, 6.45) is 2.54. The third kappa shape index (κ3) is 1.80. The number of likely N-dealkylation sites (N-methyl/N-ethyl adjacent to an activating group) is 1. The van der Waals surface area contributed by atoms with E-state index in [2.05, 4.69) is 51.3 Å². The topological polar surface area (TPSA) is 15.3 Å². The Hall–Kier alpha value is -0.540. The van der Waals surface area contributed by atoms with Crippen molar-refractivity contribution in [2.24, 2.45) is 0 Å². The van der Waals surface area contributed by atoms with E-state index in [-0.39, 0.29) is 0 Å². The smallest absolute Gasteiger partial charge is 0.0406 e. The summed E-state index contributed by atoms with van der Waals surface area (Å²) in [5.41, 5.74) is 3.42. The van der Waals surface area contributed by atoms with Crippen LogP contribution in [0.15, 0.2) is 22.7 Å². The standard InChI is InChI=1S/C14H19BrN2/c1-2-17-10-14(5-7-16-8-6-14)12-9-11(15)3-4-13(12)17/h3-4,9,16H,2,5-8,10H2,1H3. The number of hydrogen-bond donors (Lipinski definition) is 1. The zero-order valence-corrected chi connectivity index (χ0v) is 11.9. The van der Waals surface area contributed by atoms with E-state index in [9.17, 15) is 0 Å². The van der Waals surface area contributed by atoms with E-state index in [1.165, 1.54) is 29.5 Å². The van der Waals surface area contributed by atoms with Crippen LogP contribution < -0.4 is 10.2 Å². The van der Waals surface area contributed by atoms with Crippen LogP contribution in [0.2, 0.25) is 0 Å². The van der Waals surface area contributed by atoms with Crippen LogP contribution in [0, 0.1) is 0 Å². The van der Waals surface area contributed by atoms with Crippen molar-refractivity contribution in [1.82, 2.24) is 5.32 Å². The average Bonchev–Trinajstić information content (AvgIpc) is 2.64. The van der Waals surface area contributed by atoms with Crippen molar-refractivity contribution < 1.29 is 0 Å². The first-order chi connectivity index (χ1) is 8.25. The number of piperidine rings is 1. The summed E-state index contributed by atoms with van der Waals surface area (Å²) in [6.45, 7) is 6.89. The van der Waals surface area contributed by atoms with Gasteiger partial charge < -0.3 is 10.2 Å². The van der Waals surface area contributed by atoms with Gasteiger partial charge in [0.25, 0.3) is 0 Å². The first-order valence-electron chi connectivity index (χ1n) is 6.51. The zero-order chi connectivity index (χ0) is 11.9. The Morgan fingerprint density at radius 1 is 1.35 bits per heavy atom. The molecule has 2 nitrogen and oxygen atoms in total. The van der Waals surface area contributed by atoms with E-state index in [0.717, 1.165) is 19.6 Å². The van der Waals surface area contributed by atoms with E-state index < -0.39 is 0 Å². The number of fused-ring (bicyclic) bond motifs is 2. The van der Waals surface area contributed by atoms with Gasteiger partial charge in [0.15, 0.2) is 0 Å². The molecule has 2 heterocycles. The predicted octanol–water partition coefficient (Wildman–Crippen LogP) is 2.91. The van der Waals surface area contributed by atoms with Crippen LogP contribution in [0.3, 0.4) is 0 Å². The maximum Gasteiger partial charge on any atom is 0.0406 e. The molecule has 2 aliphatic heterocycles. The Bertz CT molecular complexity index is 424. The van der Waals surface area contributed by atoms with E-state index in [4.69, 9.17) is 0 Å². The van der Waals surface area contributed by atoms with Crippen molar-refractivity contribution in [1.29, 1.82) is 0 Å². The molecule has 17 heavy (non-hydrogen) atoms. The molecule has 3 rings (SSSR count). The number of nitrogens with one attached hydrogen (secondary N) is 1. The average molecular weight is 295 g/mol. The van der Waals surface area contributed by atoms with Crippen LogP contribution in [0.5, 0.6) is 0 Å². The number of hydrogen-bond acceptors (Lipinski definition) is 2. The molecule has 0 aliphatic carbocycles. The summed E-state index contributed by atoms with van der Waals surface area (Å²) in [5.74, 6) is 0. The predicted molar refractivity (Wildman–Crippen MR) is 75.8 cm³/mol. The van der Waals surface area contributed by atoms with Gasteiger partial charge in [0, 0.05) is 28.7 Å². The molecule has 1 aromatic carbocycles. The molecule has 1 N–H and O–H groups in total. The van der Waals surface area contributed by atoms with Gasteiger partial charge in [-0.3, -0.25) is 0 Å². The van der Waals surface area contributed by atoms with Gasteiger partial charge in [-0.1, -0.05) is 15.9 Å². The van der Waals surface area contributed by atoms with E-state index in [1.54, 1.807) is 5.56 Å². The third-order valence-corrected chi connectivity index (χ3v) is 4.80. The SMILES string of the molecule is CCN1CC2(CCNCC2)c2cc(Br)ccc21. The lowest BCUT2D eigenvalue weighted by Gasteiger charge is -2.35. The monoisotopic (exact) mass is 294 g/mol. The van der Waals surface area contributed by atoms with Crippen molar-refractivity contribution in [3.05, 3.63) is 28.2 Å². The molecule has 1 fully saturated rings. The quantitative estimate of drug-likeness (QED) is 0.857. The van der Waals surface area contributed by atoms with E-state index in [0.29, 0.717) is 5.41 Å². The molecule has 1 spiro atoms. The molecule has 0 bridgehead atoms. The fraction of sp³-hybridized carbons (Fsp3) is 0.571. The summed E-state index contributed by atoms with van der Waals surface area (Å²) < 4.78 is 1.21. The fourth-order valence-electron chi connectivity index (χ4n) is 3.36. The van der Waals surface area contributed by atoms with Gasteiger partial charge in [-0.2, -0.15) is 0 Å². The first-order valence-corrected chi connectivity index (χ1v) is 7.30. The molecule has 0 saturated carbocycles. The molecule has 0 amide bonds. The summed E-state index contributed by atoms with van der Waals surface area (Å²) >= 11 is 3.62. The number of benzene rings is 1. The highest BCUT2D eigenvalue weighted by Gasteiger charge is 2.42. The molecule has 0 aromatic heterocycles. The summed E-state index contributed by atoms with van der Waals surface area (Å²) in [5, 5.41) is 3.48. The van der Waals surface area contributed by atoms with Gasteiger partial charge in [-0.05, 0) is 56.6 Å². The van der Waals surface area contributed by atoms with Crippen LogP contribution in [-0.2, 0) is 5.41 Å². The van der Waals surface area contributed by atoms with Crippen LogP contribution in [0.1, 0.15) is 25.3 Å². The second kappa shape index (κ2) is 4.29. The minimum absolute atomic E-state index is 0.403. The second-order valence-electron chi connectivity index (χ2n) is 5.21. The number of halogens is 1. The number of anilines is 1. The van der Waals surface area contributed by atoms with Crippen molar-refractivity contribution in [2.75, 3.05) is 31.1 Å².